The number of unbranched alkanes of at least 4 members (excludes halogenated alkanes) is 12. The van der Waals surface area contributed by atoms with Crippen LogP contribution in [0.4, 0.5) is 0 Å². The van der Waals surface area contributed by atoms with E-state index in [9.17, 15) is 4.79 Å². The van der Waals surface area contributed by atoms with Crippen molar-refractivity contribution in [1.82, 2.24) is 9.99 Å². The fraction of sp³-hybridized carbons (Fsp3) is 0.758. The van der Waals surface area contributed by atoms with E-state index >= 15 is 0 Å². The zero-order valence-electron chi connectivity index (χ0n) is 26.3. The lowest BCUT2D eigenvalue weighted by Gasteiger charge is -2.35. The van der Waals surface area contributed by atoms with Crippen LogP contribution in [0.3, 0.4) is 0 Å². The van der Waals surface area contributed by atoms with Crippen LogP contribution in [0, 0.1) is 6.57 Å². The van der Waals surface area contributed by atoms with E-state index in [2.05, 4.69) is 61.6 Å². The van der Waals surface area contributed by atoms with Gasteiger partial charge in [0.15, 0.2) is 0 Å². The van der Waals surface area contributed by atoms with E-state index in [1.54, 1.807) is 0 Å². The number of amides is 1. The van der Waals surface area contributed by atoms with Gasteiger partial charge in [-0.3, -0.25) is 4.79 Å². The minimum absolute atomic E-state index is 0.160. The predicted octanol–water partition coefficient (Wildman–Crippen LogP) is 9.49. The Morgan fingerprint density at radius 2 is 1.40 bits per heavy atom. The molecule has 6 nitrogen and oxygen atoms in total. The Hall–Kier alpha value is -1.67. The number of nitrogens with one attached hydrogen (secondary N) is 1. The average molecular weight is 576 g/mol. The largest absolute Gasteiger partial charge is 0.436 e. The maximum atomic E-state index is 12.2. The van der Waals surface area contributed by atoms with Crippen molar-refractivity contribution < 1.29 is 13.8 Å². The molecule has 7 heteroatoms. The van der Waals surface area contributed by atoms with Crippen LogP contribution in [0.1, 0.15) is 130 Å². The first-order chi connectivity index (χ1) is 19.4. The van der Waals surface area contributed by atoms with Crippen LogP contribution in [0.25, 0.3) is 4.85 Å². The third kappa shape index (κ3) is 17.9. The molecule has 0 bridgehead atoms. The summed E-state index contributed by atoms with van der Waals surface area (Å²) in [4.78, 5) is 15.6. The van der Waals surface area contributed by atoms with Gasteiger partial charge < -0.3 is 19.2 Å². The highest BCUT2D eigenvalue weighted by Crippen LogP contribution is 2.46. The fourth-order valence-corrected chi connectivity index (χ4v) is 6.40. The minimum atomic E-state index is -1.30. The van der Waals surface area contributed by atoms with E-state index in [-0.39, 0.29) is 18.0 Å². The van der Waals surface area contributed by atoms with Crippen molar-refractivity contribution in [2.75, 3.05) is 19.7 Å². The summed E-state index contributed by atoms with van der Waals surface area (Å²) in [5, 5.41) is 3.07. The molecule has 228 valence electrons. The molecule has 0 heterocycles. The summed E-state index contributed by atoms with van der Waals surface area (Å²) in [5.41, 5.74) is 1.16. The second-order valence-corrected chi connectivity index (χ2v) is 12.7. The zero-order valence-corrected chi connectivity index (χ0v) is 27.2. The lowest BCUT2D eigenvalue weighted by molar-refractivity contribution is -0.121. The summed E-state index contributed by atoms with van der Waals surface area (Å²) in [7, 11) is -1.30. The summed E-state index contributed by atoms with van der Waals surface area (Å²) >= 11 is 0. The maximum Gasteiger partial charge on any atom is 0.321 e. The molecule has 1 aromatic carbocycles. The van der Waals surface area contributed by atoms with Crippen molar-refractivity contribution in [3.63, 3.8) is 0 Å². The van der Waals surface area contributed by atoms with Crippen molar-refractivity contribution in [2.45, 2.75) is 143 Å². The Morgan fingerprint density at radius 1 is 0.875 bits per heavy atom. The van der Waals surface area contributed by atoms with Crippen LogP contribution in [-0.2, 0) is 15.7 Å². The number of carbonyl (C=O) groups excluding carboxylic acids is 1. The summed E-state index contributed by atoms with van der Waals surface area (Å²) in [5.74, 6) is 0.920. The number of hydrogen-bond donors (Lipinski definition) is 1. The summed E-state index contributed by atoms with van der Waals surface area (Å²) < 4.78 is 14.5. The van der Waals surface area contributed by atoms with E-state index in [1.807, 2.05) is 12.1 Å². The molecule has 1 atom stereocenters. The molecule has 0 saturated heterocycles. The number of carbonyl (C=O) groups is 1. The van der Waals surface area contributed by atoms with Crippen LogP contribution in [0.2, 0.25) is 0 Å². The first kappa shape index (κ1) is 36.4. The topological polar surface area (TPSA) is 55.2 Å². The maximum absolute atomic E-state index is 12.2. The molecule has 1 amide bonds. The molecule has 0 aliphatic heterocycles. The number of benzene rings is 1. The molecule has 0 spiro atoms. The van der Waals surface area contributed by atoms with Gasteiger partial charge in [-0.1, -0.05) is 96.1 Å². The van der Waals surface area contributed by atoms with Crippen molar-refractivity contribution in [1.29, 1.82) is 0 Å². The summed E-state index contributed by atoms with van der Waals surface area (Å²) in [6.45, 7) is 19.2. The number of nitrogens with zero attached hydrogens (tertiary/aromatic N) is 2. The van der Waals surface area contributed by atoms with E-state index in [4.69, 9.17) is 15.6 Å². The third-order valence-electron chi connectivity index (χ3n) is 7.00. The van der Waals surface area contributed by atoms with E-state index in [1.165, 1.54) is 70.6 Å². The van der Waals surface area contributed by atoms with Crippen LogP contribution in [0.15, 0.2) is 24.3 Å². The highest BCUT2D eigenvalue weighted by atomic mass is 31.2. The Morgan fingerprint density at radius 3 is 1.90 bits per heavy atom. The molecule has 1 N–H and O–H groups in total. The molecule has 1 aromatic rings. The Balaban J connectivity index is 2.21. The molecular weight excluding hydrogens is 517 g/mol. The lowest BCUT2D eigenvalue weighted by Crippen LogP contribution is -2.34. The molecule has 1 rings (SSSR count). The molecule has 1 unspecified atom stereocenters. The van der Waals surface area contributed by atoms with Gasteiger partial charge in [0.1, 0.15) is 12.4 Å². The van der Waals surface area contributed by atoms with Gasteiger partial charge >= 0.3 is 8.53 Å². The number of rotatable bonds is 25. The van der Waals surface area contributed by atoms with Gasteiger partial charge in [-0.05, 0) is 58.2 Å². The standard InChI is InChI=1S/C33H58N3O3P/c1-7-8-9-10-11-12-13-14-15-16-17-18-19-20-33(37)35-26-25-31-21-23-32(24-22-31)39-40(38-28-27-34-6)36(29(2)3)30(4)5/h21-24,29-30H,7-20,25-28H2,1-5H3,(H,35,37). The van der Waals surface area contributed by atoms with Gasteiger partial charge in [0.2, 0.25) is 12.5 Å². The van der Waals surface area contributed by atoms with Crippen molar-refractivity contribution in [3.05, 3.63) is 41.2 Å². The number of hydrogen-bond acceptors (Lipinski definition) is 4. The molecular formula is C33H58N3O3P. The van der Waals surface area contributed by atoms with Crippen LogP contribution in [-0.4, -0.2) is 42.4 Å². The molecule has 0 aliphatic carbocycles. The molecule has 0 fully saturated rings. The Labute approximate surface area is 247 Å². The second-order valence-electron chi connectivity index (χ2n) is 11.3. The Kier molecular flexibility index (Phi) is 21.8. The lowest BCUT2D eigenvalue weighted by atomic mass is 10.0. The average Bonchev–Trinajstić information content (AvgIpc) is 2.92. The normalized spacial score (nSPS) is 12.2. The van der Waals surface area contributed by atoms with Crippen LogP contribution >= 0.6 is 8.53 Å². The summed E-state index contributed by atoms with van der Waals surface area (Å²) in [6, 6.07) is 8.57. The smallest absolute Gasteiger partial charge is 0.321 e. The van der Waals surface area contributed by atoms with Gasteiger partial charge in [-0.2, -0.15) is 0 Å². The highest BCUT2D eigenvalue weighted by Gasteiger charge is 2.28. The molecule has 0 aliphatic rings. The summed E-state index contributed by atoms with van der Waals surface area (Å²) in [6.07, 6.45) is 18.6. The van der Waals surface area contributed by atoms with Crippen LogP contribution in [0.5, 0.6) is 5.75 Å². The monoisotopic (exact) mass is 575 g/mol. The van der Waals surface area contributed by atoms with Crippen molar-refractivity contribution in [2.24, 2.45) is 0 Å². The predicted molar refractivity (Wildman–Crippen MR) is 171 cm³/mol. The van der Waals surface area contributed by atoms with Crippen molar-refractivity contribution in [3.8, 4) is 5.75 Å². The molecule has 0 saturated carbocycles. The second kappa shape index (κ2) is 24.0. The Bertz CT molecular complexity index is 787. The van der Waals surface area contributed by atoms with Gasteiger partial charge in [-0.15, -0.1) is 0 Å². The van der Waals surface area contributed by atoms with Crippen molar-refractivity contribution >= 4 is 14.4 Å². The van der Waals surface area contributed by atoms with Gasteiger partial charge in [0.25, 0.3) is 0 Å². The van der Waals surface area contributed by atoms with E-state index < -0.39 is 8.53 Å². The molecule has 40 heavy (non-hydrogen) atoms. The molecule has 0 aromatic heterocycles. The van der Waals surface area contributed by atoms with Gasteiger partial charge in [-0.25, -0.2) is 11.2 Å². The quantitative estimate of drug-likeness (QED) is 0.0717. The third-order valence-corrected chi connectivity index (χ3v) is 9.07. The minimum Gasteiger partial charge on any atom is -0.436 e. The highest BCUT2D eigenvalue weighted by molar-refractivity contribution is 7.45. The first-order valence-electron chi connectivity index (χ1n) is 16.0. The zero-order chi connectivity index (χ0) is 29.4. The van der Waals surface area contributed by atoms with Crippen LogP contribution < -0.4 is 9.84 Å². The first-order valence-corrected chi connectivity index (χ1v) is 17.1. The molecule has 0 radical (unpaired) electrons. The van der Waals surface area contributed by atoms with E-state index in [0.717, 1.165) is 30.6 Å². The fourth-order valence-electron chi connectivity index (χ4n) is 4.82. The van der Waals surface area contributed by atoms with E-state index in [0.29, 0.717) is 26.1 Å². The van der Waals surface area contributed by atoms with Gasteiger partial charge in [0, 0.05) is 25.0 Å². The van der Waals surface area contributed by atoms with Gasteiger partial charge in [0.05, 0.1) is 0 Å². The SMILES string of the molecule is [C-]#[N+]CCOP(Oc1ccc(CCNC(=O)CCCCCCCCCCCCCCC)cc1)N(C(C)C)C(C)C.